The maximum atomic E-state index is 12.9. The monoisotopic (exact) mass is 290 g/mol. The first-order chi connectivity index (χ1) is 9.83. The Balaban J connectivity index is 1.93. The van der Waals surface area contributed by atoms with Gasteiger partial charge in [0.2, 0.25) is 0 Å². The Morgan fingerprint density at radius 3 is 2.48 bits per heavy atom. The molecule has 1 heteroatoms. The first-order valence-electron chi connectivity index (χ1n) is 9.36. The summed E-state index contributed by atoms with van der Waals surface area (Å²) in [4.78, 5) is 12.9. The largest absolute Gasteiger partial charge is 0.299 e. The van der Waals surface area contributed by atoms with Gasteiger partial charge in [0, 0.05) is 12.3 Å². The molecule has 0 heterocycles. The van der Waals surface area contributed by atoms with E-state index >= 15 is 0 Å². The summed E-state index contributed by atoms with van der Waals surface area (Å²) in [6.07, 6.45) is 7.63. The van der Waals surface area contributed by atoms with Gasteiger partial charge in [-0.3, -0.25) is 4.79 Å². The van der Waals surface area contributed by atoms with Crippen LogP contribution in [0.1, 0.15) is 73.1 Å². The van der Waals surface area contributed by atoms with Crippen molar-refractivity contribution in [2.24, 2.45) is 46.8 Å². The van der Waals surface area contributed by atoms with E-state index < -0.39 is 0 Å². The first kappa shape index (κ1) is 15.6. The topological polar surface area (TPSA) is 17.1 Å². The van der Waals surface area contributed by atoms with Crippen LogP contribution in [-0.2, 0) is 4.79 Å². The fourth-order valence-corrected chi connectivity index (χ4v) is 6.31. The minimum Gasteiger partial charge on any atom is -0.299 e. The van der Waals surface area contributed by atoms with Crippen LogP contribution in [0.15, 0.2) is 0 Å². The Morgan fingerprint density at radius 2 is 1.81 bits per heavy atom. The standard InChI is InChI=1S/C20H34O/c1-12(2)15-8-9-20(5)11-17-13(3)6-7-16(17)14(4)19(21)10-18(15)20/h12-18H,6-11H2,1-5H3/t13-,14+,15+,16+,17+,18+,20-/m1/s1. The van der Waals surface area contributed by atoms with E-state index in [9.17, 15) is 4.79 Å². The van der Waals surface area contributed by atoms with Crippen LogP contribution >= 0.6 is 0 Å². The molecule has 3 aliphatic carbocycles. The van der Waals surface area contributed by atoms with E-state index in [2.05, 4.69) is 34.6 Å². The maximum absolute atomic E-state index is 12.9. The molecular weight excluding hydrogens is 256 g/mol. The second-order valence-electron chi connectivity index (χ2n) is 9.25. The van der Waals surface area contributed by atoms with Crippen molar-refractivity contribution >= 4 is 5.78 Å². The molecule has 0 aromatic heterocycles. The summed E-state index contributed by atoms with van der Waals surface area (Å²) in [6.45, 7) is 11.9. The van der Waals surface area contributed by atoms with Crippen LogP contribution in [0, 0.1) is 46.8 Å². The summed E-state index contributed by atoms with van der Waals surface area (Å²) in [5.74, 6) is 5.39. The van der Waals surface area contributed by atoms with Crippen LogP contribution in [0.4, 0.5) is 0 Å². The SMILES string of the molecule is CC(C)[C@@H]1CC[C@]2(C)C[C@@H]3[C@@H](CC[C@H]3C)[C@H](C)C(=O)C[C@@H]12. The molecule has 0 radical (unpaired) electrons. The Hall–Kier alpha value is -0.330. The number of hydrogen-bond acceptors (Lipinski definition) is 1. The highest BCUT2D eigenvalue weighted by atomic mass is 16.1. The highest BCUT2D eigenvalue weighted by Crippen LogP contribution is 2.59. The number of Topliss-reactive ketones (excluding diaryl/α,β-unsaturated/α-hetero) is 1. The van der Waals surface area contributed by atoms with E-state index in [4.69, 9.17) is 0 Å². The number of hydrogen-bond donors (Lipinski definition) is 0. The number of ketones is 1. The van der Waals surface area contributed by atoms with Gasteiger partial charge in [-0.25, -0.2) is 0 Å². The van der Waals surface area contributed by atoms with Crippen LogP contribution in [0.5, 0.6) is 0 Å². The average molecular weight is 290 g/mol. The smallest absolute Gasteiger partial charge is 0.136 e. The lowest BCUT2D eigenvalue weighted by molar-refractivity contribution is -0.128. The quantitative estimate of drug-likeness (QED) is 0.637. The lowest BCUT2D eigenvalue weighted by Gasteiger charge is -2.43. The molecule has 3 rings (SSSR count). The molecule has 7 atom stereocenters. The van der Waals surface area contributed by atoms with Crippen LogP contribution in [-0.4, -0.2) is 5.78 Å². The van der Waals surface area contributed by atoms with Crippen LogP contribution in [0.25, 0.3) is 0 Å². The van der Waals surface area contributed by atoms with Gasteiger partial charge in [-0.2, -0.15) is 0 Å². The lowest BCUT2D eigenvalue weighted by atomic mass is 9.61. The number of rotatable bonds is 1. The molecule has 0 saturated heterocycles. The molecule has 21 heavy (non-hydrogen) atoms. The Morgan fingerprint density at radius 1 is 1.10 bits per heavy atom. The van der Waals surface area contributed by atoms with Crippen LogP contribution < -0.4 is 0 Å². The fourth-order valence-electron chi connectivity index (χ4n) is 6.31. The van der Waals surface area contributed by atoms with Crippen molar-refractivity contribution in [1.82, 2.24) is 0 Å². The lowest BCUT2D eigenvalue weighted by Crippen LogP contribution is -2.39. The molecule has 1 nitrogen and oxygen atoms in total. The van der Waals surface area contributed by atoms with Gasteiger partial charge in [-0.15, -0.1) is 0 Å². The van der Waals surface area contributed by atoms with Crippen molar-refractivity contribution in [3.63, 3.8) is 0 Å². The van der Waals surface area contributed by atoms with Crippen LogP contribution in [0.2, 0.25) is 0 Å². The highest BCUT2D eigenvalue weighted by molar-refractivity contribution is 5.81. The van der Waals surface area contributed by atoms with E-state index in [1.165, 1.54) is 32.1 Å². The van der Waals surface area contributed by atoms with Gasteiger partial charge in [0.1, 0.15) is 5.78 Å². The van der Waals surface area contributed by atoms with Gasteiger partial charge in [-0.1, -0.05) is 41.0 Å². The third kappa shape index (κ3) is 2.49. The van der Waals surface area contributed by atoms with Crippen molar-refractivity contribution in [2.75, 3.05) is 0 Å². The van der Waals surface area contributed by atoms with Gasteiger partial charge in [0.25, 0.3) is 0 Å². The summed E-state index contributed by atoms with van der Waals surface area (Å²) >= 11 is 0. The third-order valence-corrected chi connectivity index (χ3v) is 7.83. The second kappa shape index (κ2) is 5.39. The summed E-state index contributed by atoms with van der Waals surface area (Å²) in [5.41, 5.74) is 0.437. The molecule has 0 spiro atoms. The van der Waals surface area contributed by atoms with Gasteiger partial charge in [0.05, 0.1) is 0 Å². The van der Waals surface area contributed by atoms with Gasteiger partial charge in [0.15, 0.2) is 0 Å². The molecule has 0 N–H and O–H groups in total. The average Bonchev–Trinajstić information content (AvgIpc) is 2.91. The van der Waals surface area contributed by atoms with Crippen molar-refractivity contribution in [1.29, 1.82) is 0 Å². The third-order valence-electron chi connectivity index (χ3n) is 7.83. The predicted molar refractivity (Wildman–Crippen MR) is 87.9 cm³/mol. The molecule has 0 aromatic carbocycles. The second-order valence-corrected chi connectivity index (χ2v) is 9.25. The molecule has 0 aromatic rings. The zero-order valence-corrected chi connectivity index (χ0v) is 14.7. The maximum Gasteiger partial charge on any atom is 0.136 e. The summed E-state index contributed by atoms with van der Waals surface area (Å²) in [7, 11) is 0. The fraction of sp³-hybridized carbons (Fsp3) is 0.950. The summed E-state index contributed by atoms with van der Waals surface area (Å²) < 4.78 is 0. The molecular formula is C20H34O. The minimum atomic E-state index is 0.318. The summed E-state index contributed by atoms with van der Waals surface area (Å²) in [5, 5.41) is 0. The van der Waals surface area contributed by atoms with Gasteiger partial charge >= 0.3 is 0 Å². The molecule has 0 unspecified atom stereocenters. The Bertz CT molecular complexity index is 412. The molecule has 0 aliphatic heterocycles. The van der Waals surface area contributed by atoms with E-state index in [0.717, 1.165) is 30.1 Å². The van der Waals surface area contributed by atoms with Gasteiger partial charge in [-0.05, 0) is 66.6 Å². The van der Waals surface area contributed by atoms with Crippen molar-refractivity contribution in [2.45, 2.75) is 73.1 Å². The molecule has 3 aliphatic rings. The van der Waals surface area contributed by atoms with Crippen LogP contribution in [0.3, 0.4) is 0 Å². The molecule has 3 saturated carbocycles. The zero-order valence-electron chi connectivity index (χ0n) is 14.7. The molecule has 0 amide bonds. The minimum absolute atomic E-state index is 0.318. The Kier molecular flexibility index (Phi) is 3.99. The van der Waals surface area contributed by atoms with Gasteiger partial charge < -0.3 is 0 Å². The van der Waals surface area contributed by atoms with Crippen molar-refractivity contribution in [3.05, 3.63) is 0 Å². The van der Waals surface area contributed by atoms with Crippen molar-refractivity contribution in [3.8, 4) is 0 Å². The molecule has 3 fully saturated rings. The Labute approximate surface area is 131 Å². The zero-order chi connectivity index (χ0) is 15.4. The number of fused-ring (bicyclic) bond motifs is 2. The number of carbonyl (C=O) groups is 1. The van der Waals surface area contributed by atoms with E-state index in [1.807, 2.05) is 0 Å². The van der Waals surface area contributed by atoms with E-state index in [0.29, 0.717) is 29.0 Å². The van der Waals surface area contributed by atoms with E-state index in [-0.39, 0.29) is 0 Å². The normalized spacial score (nSPS) is 50.7. The highest BCUT2D eigenvalue weighted by Gasteiger charge is 2.52. The van der Waals surface area contributed by atoms with E-state index in [1.54, 1.807) is 0 Å². The number of carbonyl (C=O) groups excluding carboxylic acids is 1. The summed E-state index contributed by atoms with van der Waals surface area (Å²) in [6, 6.07) is 0. The molecule has 120 valence electrons. The van der Waals surface area contributed by atoms with Crippen molar-refractivity contribution < 1.29 is 4.79 Å². The first-order valence-corrected chi connectivity index (χ1v) is 9.36. The predicted octanol–water partition coefficient (Wildman–Crippen LogP) is 5.34. The molecule has 0 bridgehead atoms.